The zero-order valence-corrected chi connectivity index (χ0v) is 11.2. The average Bonchev–Trinajstić information content (AvgIpc) is 2.33. The molecule has 5 nitrogen and oxygen atoms in total. The van der Waals surface area contributed by atoms with Crippen LogP contribution in [-0.2, 0) is 0 Å². The highest BCUT2D eigenvalue weighted by atomic mass is 32.2. The Morgan fingerprint density at radius 2 is 2.05 bits per heavy atom. The number of anilines is 1. The highest BCUT2D eigenvalue weighted by Crippen LogP contribution is 2.33. The van der Waals surface area contributed by atoms with Crippen molar-refractivity contribution in [3.63, 3.8) is 0 Å². The third-order valence-corrected chi connectivity index (χ3v) is 2.87. The van der Waals surface area contributed by atoms with E-state index in [2.05, 4.69) is 0 Å². The molecule has 0 aliphatic rings. The maximum atomic E-state index is 11.9. The van der Waals surface area contributed by atoms with Crippen LogP contribution in [0.25, 0.3) is 0 Å². The molecule has 0 amide bonds. The topological polar surface area (TPSA) is 81.8 Å². The fraction of sp³-hybridized carbons (Fsp3) is 0.364. The molecule has 0 fully saturated rings. The maximum Gasteiger partial charge on any atom is 0.441 e. The van der Waals surface area contributed by atoms with E-state index >= 15 is 0 Å². The van der Waals surface area contributed by atoms with Gasteiger partial charge in [0.25, 0.3) is 0 Å². The number of nitrogens with two attached hydrogens (primary N) is 1. The van der Waals surface area contributed by atoms with Crippen LogP contribution in [0.3, 0.4) is 0 Å². The van der Waals surface area contributed by atoms with E-state index in [1.807, 2.05) is 0 Å². The first-order valence-electron chi connectivity index (χ1n) is 5.29. The summed E-state index contributed by atoms with van der Waals surface area (Å²) in [5, 5.41) is 8.90. The molecule has 0 saturated heterocycles. The molecule has 0 saturated carbocycles. The Hall–Kier alpha value is -1.77. The molecule has 0 atom stereocenters. The number of hydrogen-bond acceptors (Lipinski definition) is 5. The fourth-order valence-corrected chi connectivity index (χ4v) is 1.74. The number of thioether (sulfide) groups is 1. The molecular weight excluding hydrogens is 299 g/mol. The monoisotopic (exact) mass is 311 g/mol. The Bertz CT molecular complexity index is 493. The smallest absolute Gasteiger partial charge is 0.441 e. The normalized spacial score (nSPS) is 11.2. The predicted molar refractivity (Wildman–Crippen MR) is 68.4 cm³/mol. The number of carboxylic acid groups (broad SMARTS) is 1. The van der Waals surface area contributed by atoms with Gasteiger partial charge in [0, 0.05) is 17.9 Å². The van der Waals surface area contributed by atoms with E-state index in [-0.39, 0.29) is 46.9 Å². The van der Waals surface area contributed by atoms with Crippen molar-refractivity contribution in [1.29, 1.82) is 0 Å². The van der Waals surface area contributed by atoms with Crippen molar-refractivity contribution in [3.05, 3.63) is 17.7 Å². The van der Waals surface area contributed by atoms with Gasteiger partial charge in [-0.2, -0.15) is 13.2 Å². The number of halogens is 3. The number of aromatic carboxylic acids is 1. The van der Waals surface area contributed by atoms with Crippen LogP contribution in [0.5, 0.6) is 11.5 Å². The summed E-state index contributed by atoms with van der Waals surface area (Å²) >= 11 is -0.227. The van der Waals surface area contributed by atoms with Gasteiger partial charge in [-0.05, 0) is 11.8 Å². The second kappa shape index (κ2) is 6.60. The minimum Gasteiger partial charge on any atom is -0.493 e. The summed E-state index contributed by atoms with van der Waals surface area (Å²) in [4.78, 5) is 10.9. The molecule has 1 rings (SSSR count). The highest BCUT2D eigenvalue weighted by molar-refractivity contribution is 8.00. The molecule has 9 heteroatoms. The maximum absolute atomic E-state index is 11.9. The van der Waals surface area contributed by atoms with E-state index < -0.39 is 11.5 Å². The van der Waals surface area contributed by atoms with E-state index in [1.54, 1.807) is 0 Å². The Balaban J connectivity index is 2.78. The number of ether oxygens (including phenoxy) is 2. The number of carbonyl (C=O) groups is 1. The molecular formula is C11H12F3NO4S. The third kappa shape index (κ3) is 4.72. The number of hydrogen-bond donors (Lipinski definition) is 2. The molecule has 0 spiro atoms. The number of methoxy groups -OCH3 is 1. The number of benzene rings is 1. The van der Waals surface area contributed by atoms with Crippen LogP contribution in [0.1, 0.15) is 10.4 Å². The molecule has 0 radical (unpaired) electrons. The molecule has 112 valence electrons. The fourth-order valence-electron chi connectivity index (χ4n) is 1.34. The van der Waals surface area contributed by atoms with Crippen LogP contribution in [0.4, 0.5) is 18.9 Å². The van der Waals surface area contributed by atoms with E-state index in [9.17, 15) is 18.0 Å². The summed E-state index contributed by atoms with van der Waals surface area (Å²) < 4.78 is 45.9. The van der Waals surface area contributed by atoms with Crippen molar-refractivity contribution >= 4 is 23.4 Å². The van der Waals surface area contributed by atoms with Crippen LogP contribution in [0.15, 0.2) is 12.1 Å². The molecule has 0 heterocycles. The lowest BCUT2D eigenvalue weighted by molar-refractivity contribution is -0.0329. The molecule has 0 aliphatic carbocycles. The first kappa shape index (κ1) is 16.3. The summed E-state index contributed by atoms with van der Waals surface area (Å²) in [5.41, 5.74) is 0.951. The van der Waals surface area contributed by atoms with Crippen LogP contribution in [0, 0.1) is 0 Å². The van der Waals surface area contributed by atoms with Crippen LogP contribution >= 0.6 is 11.8 Å². The molecule has 1 aromatic carbocycles. The van der Waals surface area contributed by atoms with Gasteiger partial charge in [0.1, 0.15) is 0 Å². The predicted octanol–water partition coefficient (Wildman–Crippen LogP) is 2.61. The standard InChI is InChI=1S/C11H12F3NO4S/c1-18-8-5-7(15)6(10(16)17)4-9(8)19-2-3-20-11(12,13)14/h4-5H,2-3,15H2,1H3,(H,16,17). The van der Waals surface area contributed by atoms with Gasteiger partial charge in [0.05, 0.1) is 25.0 Å². The second-order valence-electron chi connectivity index (χ2n) is 3.54. The number of nitrogen functional groups attached to an aromatic ring is 1. The average molecular weight is 311 g/mol. The van der Waals surface area contributed by atoms with Crippen molar-refractivity contribution in [1.82, 2.24) is 0 Å². The zero-order chi connectivity index (χ0) is 15.3. The third-order valence-electron chi connectivity index (χ3n) is 2.17. The molecule has 0 bridgehead atoms. The van der Waals surface area contributed by atoms with Gasteiger partial charge < -0.3 is 20.3 Å². The van der Waals surface area contributed by atoms with Gasteiger partial charge in [0.2, 0.25) is 0 Å². The van der Waals surface area contributed by atoms with Crippen LogP contribution in [0.2, 0.25) is 0 Å². The van der Waals surface area contributed by atoms with E-state index in [1.165, 1.54) is 13.2 Å². The largest absolute Gasteiger partial charge is 0.493 e. The second-order valence-corrected chi connectivity index (χ2v) is 4.70. The molecule has 1 aromatic rings. The summed E-state index contributed by atoms with van der Waals surface area (Å²) in [5.74, 6) is -1.40. The van der Waals surface area contributed by atoms with Crippen molar-refractivity contribution < 1.29 is 32.5 Å². The first-order valence-corrected chi connectivity index (χ1v) is 6.27. The van der Waals surface area contributed by atoms with Crippen molar-refractivity contribution in [3.8, 4) is 11.5 Å². The highest BCUT2D eigenvalue weighted by Gasteiger charge is 2.27. The van der Waals surface area contributed by atoms with Crippen LogP contribution < -0.4 is 15.2 Å². The minimum absolute atomic E-state index is 0.0219. The SMILES string of the molecule is COc1cc(N)c(C(=O)O)cc1OCCSC(F)(F)F. The van der Waals surface area contributed by atoms with Gasteiger partial charge in [-0.25, -0.2) is 4.79 Å². The lowest BCUT2D eigenvalue weighted by Crippen LogP contribution is -2.09. The molecule has 0 aromatic heterocycles. The number of rotatable bonds is 6. The van der Waals surface area contributed by atoms with E-state index in [4.69, 9.17) is 20.3 Å². The van der Waals surface area contributed by atoms with Crippen molar-refractivity contribution in [2.45, 2.75) is 5.51 Å². The number of alkyl halides is 3. The Morgan fingerprint density at radius 1 is 1.40 bits per heavy atom. The summed E-state index contributed by atoms with van der Waals surface area (Å²) in [6, 6.07) is 2.37. The zero-order valence-electron chi connectivity index (χ0n) is 10.4. The molecule has 0 unspecified atom stereocenters. The summed E-state index contributed by atoms with van der Waals surface area (Å²) in [6.07, 6.45) is 0. The van der Waals surface area contributed by atoms with Gasteiger partial charge in [0.15, 0.2) is 11.5 Å². The summed E-state index contributed by atoms with van der Waals surface area (Å²) in [7, 11) is 1.31. The van der Waals surface area contributed by atoms with Gasteiger partial charge in [-0.1, -0.05) is 0 Å². The molecule has 3 N–H and O–H groups in total. The Morgan fingerprint density at radius 3 is 2.55 bits per heavy atom. The van der Waals surface area contributed by atoms with Gasteiger partial charge in [-0.3, -0.25) is 0 Å². The van der Waals surface area contributed by atoms with Crippen LogP contribution in [-0.4, -0.2) is 36.1 Å². The molecule has 20 heavy (non-hydrogen) atoms. The lowest BCUT2D eigenvalue weighted by atomic mass is 10.1. The lowest BCUT2D eigenvalue weighted by Gasteiger charge is -2.13. The minimum atomic E-state index is -4.33. The van der Waals surface area contributed by atoms with Gasteiger partial charge in [-0.15, -0.1) is 0 Å². The Kier molecular flexibility index (Phi) is 5.37. The number of carboxylic acids is 1. The van der Waals surface area contributed by atoms with Gasteiger partial charge >= 0.3 is 11.5 Å². The van der Waals surface area contributed by atoms with E-state index in [0.29, 0.717) is 0 Å². The van der Waals surface area contributed by atoms with E-state index in [0.717, 1.165) is 6.07 Å². The van der Waals surface area contributed by atoms with Crippen molar-refractivity contribution in [2.24, 2.45) is 0 Å². The molecule has 0 aliphatic heterocycles. The van der Waals surface area contributed by atoms with Crippen molar-refractivity contribution in [2.75, 3.05) is 25.2 Å². The summed E-state index contributed by atoms with van der Waals surface area (Å²) in [6.45, 7) is -0.247. The Labute approximate surface area is 116 Å². The first-order chi connectivity index (χ1) is 9.24. The quantitative estimate of drug-likeness (QED) is 0.621.